The number of rotatable bonds is 1. The summed E-state index contributed by atoms with van der Waals surface area (Å²) in [5.74, 6) is 4.32. The summed E-state index contributed by atoms with van der Waals surface area (Å²) in [7, 11) is 0. The van der Waals surface area contributed by atoms with Crippen LogP contribution in [0.15, 0.2) is 0 Å². The average molecular weight is 275 g/mol. The van der Waals surface area contributed by atoms with Crippen LogP contribution in [0.3, 0.4) is 0 Å². The summed E-state index contributed by atoms with van der Waals surface area (Å²) in [6.45, 7) is 2.45. The molecule has 3 aliphatic heterocycles. The summed E-state index contributed by atoms with van der Waals surface area (Å²) in [6, 6.07) is 0.828. The van der Waals surface area contributed by atoms with Crippen molar-refractivity contribution >= 4 is 22.6 Å². The third-order valence-corrected chi connectivity index (χ3v) is 4.29. The number of fused-ring (bicyclic) bond motifs is 3. The lowest BCUT2D eigenvalue weighted by Gasteiger charge is -2.47. The second-order valence-electron chi connectivity index (χ2n) is 3.86. The van der Waals surface area contributed by atoms with E-state index in [1.807, 2.05) is 0 Å². The van der Waals surface area contributed by atoms with Crippen molar-refractivity contribution in [3.63, 3.8) is 0 Å². The molecule has 0 aromatic rings. The SMILES string of the molecule is C#C[C@H]1CN2CC[C@H]1C[C@@H]2CI. The Kier molecular flexibility index (Phi) is 2.61. The number of alkyl halides is 1. The average Bonchev–Trinajstić information content (AvgIpc) is 2.18. The highest BCUT2D eigenvalue weighted by Crippen LogP contribution is 2.36. The van der Waals surface area contributed by atoms with Crippen molar-refractivity contribution in [2.45, 2.75) is 18.9 Å². The molecule has 2 heteroatoms. The molecule has 0 N–H and O–H groups in total. The quantitative estimate of drug-likeness (QED) is 0.400. The molecular formula is C10H14IN. The first-order chi connectivity index (χ1) is 5.85. The van der Waals surface area contributed by atoms with Gasteiger partial charge in [0.2, 0.25) is 0 Å². The van der Waals surface area contributed by atoms with Gasteiger partial charge in [0.15, 0.2) is 0 Å². The van der Waals surface area contributed by atoms with Crippen molar-refractivity contribution in [3.05, 3.63) is 0 Å². The number of terminal acetylenes is 1. The van der Waals surface area contributed by atoms with Gasteiger partial charge in [-0.25, -0.2) is 0 Å². The normalized spacial score (nSPS) is 45.7. The van der Waals surface area contributed by atoms with Gasteiger partial charge >= 0.3 is 0 Å². The first-order valence-electron chi connectivity index (χ1n) is 4.61. The van der Waals surface area contributed by atoms with E-state index in [-0.39, 0.29) is 0 Å². The maximum absolute atomic E-state index is 5.50. The molecule has 0 spiro atoms. The topological polar surface area (TPSA) is 3.24 Å². The number of hydrogen-bond acceptors (Lipinski definition) is 1. The van der Waals surface area contributed by atoms with Gasteiger partial charge in [0.25, 0.3) is 0 Å². The van der Waals surface area contributed by atoms with Crippen LogP contribution in [0.2, 0.25) is 0 Å². The standard InChI is InChI=1S/C10H14IN/c1-2-8-7-12-4-3-9(8)5-10(12)6-11/h1,8-10H,3-7H2/t8-,9-,10+/m0/s1. The predicted molar refractivity (Wildman–Crippen MR) is 59.3 cm³/mol. The van der Waals surface area contributed by atoms with Gasteiger partial charge < -0.3 is 0 Å². The molecule has 0 amide bonds. The van der Waals surface area contributed by atoms with Crippen molar-refractivity contribution in [2.75, 3.05) is 17.5 Å². The lowest BCUT2D eigenvalue weighted by atomic mass is 9.76. The van der Waals surface area contributed by atoms with Crippen LogP contribution in [0.5, 0.6) is 0 Å². The smallest absolute Gasteiger partial charge is 0.0356 e. The van der Waals surface area contributed by atoms with Crippen LogP contribution in [0, 0.1) is 24.2 Å². The van der Waals surface area contributed by atoms with E-state index in [1.165, 1.54) is 23.8 Å². The van der Waals surface area contributed by atoms with Gasteiger partial charge in [-0.1, -0.05) is 22.6 Å². The van der Waals surface area contributed by atoms with E-state index in [4.69, 9.17) is 6.42 Å². The van der Waals surface area contributed by atoms with Crippen LogP contribution >= 0.6 is 22.6 Å². The number of nitrogens with zero attached hydrogens (tertiary/aromatic N) is 1. The first-order valence-corrected chi connectivity index (χ1v) is 6.14. The molecule has 1 nitrogen and oxygen atoms in total. The minimum absolute atomic E-state index is 0.554. The van der Waals surface area contributed by atoms with Gasteiger partial charge in [0.05, 0.1) is 0 Å². The Bertz CT molecular complexity index is 208. The molecule has 0 aromatic heterocycles. The van der Waals surface area contributed by atoms with Crippen LogP contribution in [0.25, 0.3) is 0 Å². The predicted octanol–water partition coefficient (Wildman–Crippen LogP) is 1.77. The van der Waals surface area contributed by atoms with Crippen LogP contribution < -0.4 is 0 Å². The Balaban J connectivity index is 2.07. The highest BCUT2D eigenvalue weighted by molar-refractivity contribution is 14.1. The van der Waals surface area contributed by atoms with Gasteiger partial charge in [-0.3, -0.25) is 4.90 Å². The van der Waals surface area contributed by atoms with E-state index in [1.54, 1.807) is 0 Å². The fraction of sp³-hybridized carbons (Fsp3) is 0.800. The van der Waals surface area contributed by atoms with Crippen LogP contribution in [-0.2, 0) is 0 Å². The van der Waals surface area contributed by atoms with E-state index in [0.717, 1.165) is 18.5 Å². The second-order valence-corrected chi connectivity index (χ2v) is 4.74. The van der Waals surface area contributed by atoms with Gasteiger partial charge in [-0.15, -0.1) is 12.3 Å². The molecule has 3 saturated heterocycles. The number of piperidine rings is 3. The van der Waals surface area contributed by atoms with Crippen molar-refractivity contribution < 1.29 is 0 Å². The Morgan fingerprint density at radius 2 is 2.42 bits per heavy atom. The summed E-state index contributed by atoms with van der Waals surface area (Å²) < 4.78 is 1.27. The van der Waals surface area contributed by atoms with Crippen LogP contribution in [0.1, 0.15) is 12.8 Å². The zero-order valence-electron chi connectivity index (χ0n) is 7.17. The van der Waals surface area contributed by atoms with Gasteiger partial charge in [-0.2, -0.15) is 0 Å². The molecule has 1 unspecified atom stereocenters. The Morgan fingerprint density at radius 3 is 2.92 bits per heavy atom. The van der Waals surface area contributed by atoms with Crippen LogP contribution in [-0.4, -0.2) is 28.5 Å². The van der Waals surface area contributed by atoms with E-state index in [9.17, 15) is 0 Å². The summed E-state index contributed by atoms with van der Waals surface area (Å²) in [4.78, 5) is 2.58. The fourth-order valence-corrected chi connectivity index (χ4v) is 3.40. The van der Waals surface area contributed by atoms with E-state index in [2.05, 4.69) is 33.4 Å². The number of hydrogen-bond donors (Lipinski definition) is 0. The molecule has 66 valence electrons. The number of halogens is 1. The first kappa shape index (κ1) is 8.83. The largest absolute Gasteiger partial charge is 0.298 e. The zero-order valence-corrected chi connectivity index (χ0v) is 9.33. The monoisotopic (exact) mass is 275 g/mol. The second kappa shape index (κ2) is 3.55. The summed E-state index contributed by atoms with van der Waals surface area (Å²) in [6.07, 6.45) is 8.18. The highest BCUT2D eigenvalue weighted by Gasteiger charge is 2.38. The zero-order chi connectivity index (χ0) is 8.55. The van der Waals surface area contributed by atoms with Gasteiger partial charge in [0.1, 0.15) is 0 Å². The van der Waals surface area contributed by atoms with E-state index < -0.39 is 0 Å². The molecule has 12 heavy (non-hydrogen) atoms. The molecule has 0 aromatic carbocycles. The summed E-state index contributed by atoms with van der Waals surface area (Å²) >= 11 is 2.49. The third kappa shape index (κ3) is 1.38. The minimum Gasteiger partial charge on any atom is -0.298 e. The van der Waals surface area contributed by atoms with Crippen molar-refractivity contribution in [1.29, 1.82) is 0 Å². The molecule has 3 heterocycles. The van der Waals surface area contributed by atoms with Gasteiger partial charge in [-0.05, 0) is 25.3 Å². The van der Waals surface area contributed by atoms with Crippen molar-refractivity contribution in [1.82, 2.24) is 4.90 Å². The van der Waals surface area contributed by atoms with E-state index in [0.29, 0.717) is 5.92 Å². The Labute approximate surface area is 88.0 Å². The maximum Gasteiger partial charge on any atom is 0.0356 e. The Morgan fingerprint density at radius 1 is 1.58 bits per heavy atom. The summed E-state index contributed by atoms with van der Waals surface area (Å²) in [5, 5.41) is 0. The molecule has 0 aliphatic carbocycles. The minimum atomic E-state index is 0.554. The molecule has 0 radical (unpaired) electrons. The van der Waals surface area contributed by atoms with Crippen LogP contribution in [0.4, 0.5) is 0 Å². The molecule has 2 bridgehead atoms. The summed E-state index contributed by atoms with van der Waals surface area (Å²) in [5.41, 5.74) is 0. The molecule has 4 atom stereocenters. The van der Waals surface area contributed by atoms with Gasteiger partial charge in [0, 0.05) is 22.9 Å². The fourth-order valence-electron chi connectivity index (χ4n) is 2.49. The van der Waals surface area contributed by atoms with Crippen molar-refractivity contribution in [2.24, 2.45) is 11.8 Å². The molecule has 3 fully saturated rings. The molecular weight excluding hydrogens is 261 g/mol. The lowest BCUT2D eigenvalue weighted by molar-refractivity contribution is 0.0347. The maximum atomic E-state index is 5.50. The third-order valence-electron chi connectivity index (χ3n) is 3.27. The molecule has 0 saturated carbocycles. The Hall–Kier alpha value is 0.250. The van der Waals surface area contributed by atoms with E-state index >= 15 is 0 Å². The highest BCUT2D eigenvalue weighted by atomic mass is 127. The lowest BCUT2D eigenvalue weighted by Crippen LogP contribution is -2.53. The molecule has 3 rings (SSSR count). The molecule has 3 aliphatic rings. The van der Waals surface area contributed by atoms with Crippen molar-refractivity contribution in [3.8, 4) is 12.3 Å².